The largest absolute Gasteiger partial charge is 0.0956 e. The molecule has 11 heavy (non-hydrogen) atoms. The van der Waals surface area contributed by atoms with Crippen LogP contribution in [0.25, 0.3) is 0 Å². The molecule has 0 N–H and O–H groups in total. The Morgan fingerprint density at radius 1 is 1.55 bits per heavy atom. The molecule has 0 bridgehead atoms. The third kappa shape index (κ3) is 4.20. The Morgan fingerprint density at radius 3 is 2.45 bits per heavy atom. The van der Waals surface area contributed by atoms with Gasteiger partial charge >= 0.3 is 0 Å². The van der Waals surface area contributed by atoms with Crippen LogP contribution < -0.4 is 0 Å². The highest BCUT2D eigenvalue weighted by molar-refractivity contribution is 9.11. The summed E-state index contributed by atoms with van der Waals surface area (Å²) >= 11 is 3.42. The third-order valence-electron chi connectivity index (χ3n) is 1.61. The van der Waals surface area contributed by atoms with Gasteiger partial charge < -0.3 is 0 Å². The minimum Gasteiger partial charge on any atom is -0.0956 e. The van der Waals surface area contributed by atoms with Gasteiger partial charge in [0.2, 0.25) is 0 Å². The number of rotatable bonds is 3. The molecule has 0 aliphatic heterocycles. The van der Waals surface area contributed by atoms with E-state index in [1.165, 1.54) is 11.1 Å². The van der Waals surface area contributed by atoms with E-state index in [2.05, 4.69) is 42.4 Å². The van der Waals surface area contributed by atoms with Crippen LogP contribution in [0.1, 0.15) is 27.2 Å². The number of halogens is 1. The quantitative estimate of drug-likeness (QED) is 0.619. The summed E-state index contributed by atoms with van der Waals surface area (Å²) in [6.07, 6.45) is 5.13. The van der Waals surface area contributed by atoms with Crippen molar-refractivity contribution in [1.29, 1.82) is 0 Å². The van der Waals surface area contributed by atoms with Gasteiger partial charge in [0.15, 0.2) is 0 Å². The smallest absolute Gasteiger partial charge is 0.0135 e. The van der Waals surface area contributed by atoms with Crippen LogP contribution in [0.2, 0.25) is 0 Å². The van der Waals surface area contributed by atoms with Crippen LogP contribution in [0.5, 0.6) is 0 Å². The molecule has 0 aliphatic carbocycles. The average molecular weight is 215 g/mol. The molecular formula is C10H15Br. The summed E-state index contributed by atoms with van der Waals surface area (Å²) in [6, 6.07) is 0. The second-order valence-electron chi connectivity index (χ2n) is 2.46. The van der Waals surface area contributed by atoms with Gasteiger partial charge in [-0.3, -0.25) is 0 Å². The highest BCUT2D eigenvalue weighted by atomic mass is 79.9. The molecule has 0 amide bonds. The van der Waals surface area contributed by atoms with Gasteiger partial charge in [0, 0.05) is 4.48 Å². The molecular weight excluding hydrogens is 200 g/mol. The Kier molecular flexibility index (Phi) is 5.22. The molecule has 0 radical (unpaired) electrons. The van der Waals surface area contributed by atoms with Crippen LogP contribution in [-0.2, 0) is 0 Å². The Hall–Kier alpha value is -0.300. The normalized spacial score (nSPS) is 13.5. The predicted octanol–water partition coefficient (Wildman–Crippen LogP) is 4.20. The molecule has 0 spiro atoms. The lowest BCUT2D eigenvalue weighted by Gasteiger charge is -2.00. The molecule has 0 saturated heterocycles. The highest BCUT2D eigenvalue weighted by Crippen LogP contribution is 2.16. The standard InChI is InChI=1S/C10H15Br/c1-5-8(3)9(4)7-10(11)6-2/h6-7H,3,5H2,1-2,4H3/b9-7-,10-6+. The summed E-state index contributed by atoms with van der Waals surface area (Å²) < 4.78 is 1.12. The first kappa shape index (κ1) is 10.7. The first-order chi connectivity index (χ1) is 5.11. The first-order valence-corrected chi connectivity index (χ1v) is 4.59. The second-order valence-corrected chi connectivity index (χ2v) is 3.37. The Balaban J connectivity index is 4.34. The average Bonchev–Trinajstić information content (AvgIpc) is 2.02. The third-order valence-corrected chi connectivity index (χ3v) is 2.30. The summed E-state index contributed by atoms with van der Waals surface area (Å²) in [7, 11) is 0. The zero-order chi connectivity index (χ0) is 8.85. The highest BCUT2D eigenvalue weighted by Gasteiger charge is 1.93. The molecule has 0 aliphatic rings. The molecule has 0 saturated carbocycles. The summed E-state index contributed by atoms with van der Waals surface area (Å²) in [5.41, 5.74) is 2.45. The van der Waals surface area contributed by atoms with Gasteiger partial charge in [-0.1, -0.05) is 41.1 Å². The van der Waals surface area contributed by atoms with Gasteiger partial charge in [-0.25, -0.2) is 0 Å². The van der Waals surface area contributed by atoms with E-state index in [4.69, 9.17) is 0 Å². The van der Waals surface area contributed by atoms with Crippen LogP contribution >= 0.6 is 15.9 Å². The van der Waals surface area contributed by atoms with Crippen molar-refractivity contribution in [2.75, 3.05) is 0 Å². The maximum Gasteiger partial charge on any atom is 0.0135 e. The summed E-state index contributed by atoms with van der Waals surface area (Å²) in [6.45, 7) is 10.1. The molecule has 62 valence electrons. The molecule has 0 aromatic carbocycles. The van der Waals surface area contributed by atoms with E-state index < -0.39 is 0 Å². The Morgan fingerprint density at radius 2 is 2.09 bits per heavy atom. The second kappa shape index (κ2) is 5.36. The van der Waals surface area contributed by atoms with Crippen LogP contribution in [0.4, 0.5) is 0 Å². The van der Waals surface area contributed by atoms with Crippen LogP contribution in [0, 0.1) is 0 Å². The SMILES string of the molecule is C=C(CC)/C(C)=C\C(Br)=C/C. The zero-order valence-corrected chi connectivity index (χ0v) is 9.03. The summed E-state index contributed by atoms with van der Waals surface area (Å²) in [4.78, 5) is 0. The Bertz CT molecular complexity index is 197. The van der Waals surface area contributed by atoms with Gasteiger partial charge in [0.1, 0.15) is 0 Å². The van der Waals surface area contributed by atoms with Gasteiger partial charge in [0.25, 0.3) is 0 Å². The van der Waals surface area contributed by atoms with Crippen molar-refractivity contribution in [3.8, 4) is 0 Å². The van der Waals surface area contributed by atoms with E-state index in [0.29, 0.717) is 0 Å². The van der Waals surface area contributed by atoms with Crippen LogP contribution in [0.15, 0.2) is 34.4 Å². The van der Waals surface area contributed by atoms with Crippen LogP contribution in [-0.4, -0.2) is 0 Å². The van der Waals surface area contributed by atoms with Crippen molar-refractivity contribution in [3.05, 3.63) is 34.4 Å². The van der Waals surface area contributed by atoms with Gasteiger partial charge in [-0.2, -0.15) is 0 Å². The van der Waals surface area contributed by atoms with Gasteiger partial charge in [-0.15, -0.1) is 0 Å². The molecule has 0 unspecified atom stereocenters. The fourth-order valence-electron chi connectivity index (χ4n) is 0.671. The minimum atomic E-state index is 1.02. The molecule has 1 heteroatoms. The molecule has 0 nitrogen and oxygen atoms in total. The van der Waals surface area contributed by atoms with Gasteiger partial charge in [0.05, 0.1) is 0 Å². The maximum atomic E-state index is 3.94. The summed E-state index contributed by atoms with van der Waals surface area (Å²) in [5, 5.41) is 0. The molecule has 0 atom stereocenters. The van der Waals surface area contributed by atoms with E-state index in [1.54, 1.807) is 0 Å². The molecule has 0 aromatic rings. The molecule has 0 heterocycles. The first-order valence-electron chi connectivity index (χ1n) is 3.80. The predicted molar refractivity (Wildman–Crippen MR) is 55.9 cm³/mol. The molecule has 0 fully saturated rings. The topological polar surface area (TPSA) is 0 Å². The lowest BCUT2D eigenvalue weighted by Crippen LogP contribution is -1.80. The zero-order valence-electron chi connectivity index (χ0n) is 7.45. The molecule has 0 rings (SSSR count). The number of hydrogen-bond donors (Lipinski definition) is 0. The van der Waals surface area contributed by atoms with Crippen LogP contribution in [0.3, 0.4) is 0 Å². The van der Waals surface area contributed by atoms with Crippen molar-refractivity contribution in [1.82, 2.24) is 0 Å². The lowest BCUT2D eigenvalue weighted by atomic mass is 10.1. The maximum absolute atomic E-state index is 3.94. The lowest BCUT2D eigenvalue weighted by molar-refractivity contribution is 1.11. The van der Waals surface area contributed by atoms with Gasteiger partial charge in [-0.05, 0) is 31.9 Å². The fourth-order valence-corrected chi connectivity index (χ4v) is 1.01. The molecule has 0 aromatic heterocycles. The number of allylic oxidation sites excluding steroid dienone is 5. The fraction of sp³-hybridized carbons (Fsp3) is 0.400. The van der Waals surface area contributed by atoms with Crippen molar-refractivity contribution >= 4 is 15.9 Å². The van der Waals surface area contributed by atoms with E-state index in [0.717, 1.165) is 10.9 Å². The minimum absolute atomic E-state index is 1.02. The summed E-state index contributed by atoms with van der Waals surface area (Å²) in [5.74, 6) is 0. The van der Waals surface area contributed by atoms with E-state index in [9.17, 15) is 0 Å². The monoisotopic (exact) mass is 214 g/mol. The van der Waals surface area contributed by atoms with Crippen molar-refractivity contribution in [2.45, 2.75) is 27.2 Å². The number of hydrogen-bond acceptors (Lipinski definition) is 0. The van der Waals surface area contributed by atoms with E-state index in [1.807, 2.05) is 13.0 Å². The van der Waals surface area contributed by atoms with Crippen molar-refractivity contribution < 1.29 is 0 Å². The van der Waals surface area contributed by atoms with E-state index in [-0.39, 0.29) is 0 Å². The van der Waals surface area contributed by atoms with Crippen molar-refractivity contribution in [3.63, 3.8) is 0 Å². The Labute approximate surface area is 77.8 Å². The van der Waals surface area contributed by atoms with Crippen molar-refractivity contribution in [2.24, 2.45) is 0 Å². The van der Waals surface area contributed by atoms with E-state index >= 15 is 0 Å².